The Hall–Kier alpha value is -1.45. The molecule has 3 nitrogen and oxygen atoms in total. The lowest BCUT2D eigenvalue weighted by atomic mass is 10.1. The minimum absolute atomic E-state index is 0.425. The fourth-order valence-electron chi connectivity index (χ4n) is 1.41. The number of nitrogens with two attached hydrogens (primary N) is 2. The highest BCUT2D eigenvalue weighted by atomic mass is 35.5. The van der Waals surface area contributed by atoms with E-state index in [1.807, 2.05) is 6.07 Å². The first kappa shape index (κ1) is 11.0. The van der Waals surface area contributed by atoms with Crippen LogP contribution in [0.3, 0.4) is 0 Å². The maximum atomic E-state index is 6.10. The van der Waals surface area contributed by atoms with E-state index in [-0.39, 0.29) is 0 Å². The number of aromatic nitrogens is 1. The van der Waals surface area contributed by atoms with Crippen molar-refractivity contribution < 1.29 is 0 Å². The molecule has 0 aliphatic rings. The Bertz CT molecular complexity index is 491. The number of hydrogen-bond donors (Lipinski definition) is 2. The molecular formula is C11H9Cl2N3. The van der Waals surface area contributed by atoms with Gasteiger partial charge in [0.1, 0.15) is 0 Å². The van der Waals surface area contributed by atoms with E-state index >= 15 is 0 Å². The summed E-state index contributed by atoms with van der Waals surface area (Å²) in [6.07, 6.45) is 3.11. The van der Waals surface area contributed by atoms with Crippen LogP contribution >= 0.6 is 23.2 Å². The second kappa shape index (κ2) is 4.20. The molecule has 2 aromatic rings. The molecule has 1 heterocycles. The fourth-order valence-corrected chi connectivity index (χ4v) is 1.82. The SMILES string of the molecule is Nc1cncc(-c2cccc(Cl)c2Cl)c1N. The Labute approximate surface area is 103 Å². The smallest absolute Gasteiger partial charge is 0.0740 e. The lowest BCUT2D eigenvalue weighted by molar-refractivity contribution is 1.33. The molecule has 0 radical (unpaired) electrons. The van der Waals surface area contributed by atoms with E-state index in [9.17, 15) is 0 Å². The van der Waals surface area contributed by atoms with Gasteiger partial charge >= 0.3 is 0 Å². The molecular weight excluding hydrogens is 245 g/mol. The maximum Gasteiger partial charge on any atom is 0.0740 e. The monoisotopic (exact) mass is 253 g/mol. The topological polar surface area (TPSA) is 64.9 Å². The van der Waals surface area contributed by atoms with Crippen LogP contribution in [0.5, 0.6) is 0 Å². The van der Waals surface area contributed by atoms with Crippen molar-refractivity contribution in [3.8, 4) is 11.1 Å². The summed E-state index contributed by atoms with van der Waals surface area (Å²) in [5.41, 5.74) is 13.8. The third kappa shape index (κ3) is 1.79. The standard InChI is InChI=1S/C11H9Cl2N3/c12-8-3-1-2-6(10(8)13)7-4-16-5-9(14)11(7)15/h1-5H,14H2,(H2,15,16). The Morgan fingerprint density at radius 2 is 1.75 bits per heavy atom. The molecule has 5 heteroatoms. The third-order valence-corrected chi connectivity index (χ3v) is 3.08. The first-order valence-corrected chi connectivity index (χ1v) is 5.30. The molecule has 4 N–H and O–H groups in total. The summed E-state index contributed by atoms with van der Waals surface area (Å²) in [4.78, 5) is 3.99. The van der Waals surface area contributed by atoms with Crippen LogP contribution in [0.4, 0.5) is 11.4 Å². The highest BCUT2D eigenvalue weighted by Crippen LogP contribution is 2.37. The van der Waals surface area contributed by atoms with Gasteiger partial charge in [0.2, 0.25) is 0 Å². The predicted octanol–water partition coefficient (Wildman–Crippen LogP) is 3.22. The number of halogens is 2. The van der Waals surface area contributed by atoms with Crippen LogP contribution in [-0.2, 0) is 0 Å². The van der Waals surface area contributed by atoms with E-state index < -0.39 is 0 Å². The van der Waals surface area contributed by atoms with Gasteiger partial charge in [0.05, 0.1) is 27.6 Å². The van der Waals surface area contributed by atoms with Gasteiger partial charge in [-0.15, -0.1) is 0 Å². The Morgan fingerprint density at radius 1 is 1.00 bits per heavy atom. The van der Waals surface area contributed by atoms with Crippen LogP contribution < -0.4 is 11.5 Å². The molecule has 1 aromatic carbocycles. The Balaban J connectivity index is 2.68. The normalized spacial score (nSPS) is 10.4. The second-order valence-corrected chi connectivity index (χ2v) is 4.08. The van der Waals surface area contributed by atoms with Crippen molar-refractivity contribution in [2.45, 2.75) is 0 Å². The quantitative estimate of drug-likeness (QED) is 0.821. The van der Waals surface area contributed by atoms with Gasteiger partial charge in [-0.2, -0.15) is 0 Å². The first-order chi connectivity index (χ1) is 7.61. The van der Waals surface area contributed by atoms with Crippen molar-refractivity contribution in [1.29, 1.82) is 0 Å². The fraction of sp³-hybridized carbons (Fsp3) is 0. The van der Waals surface area contributed by atoms with Crippen molar-refractivity contribution in [1.82, 2.24) is 4.98 Å². The number of nitrogens with zero attached hydrogens (tertiary/aromatic N) is 1. The minimum atomic E-state index is 0.425. The zero-order chi connectivity index (χ0) is 11.7. The van der Waals surface area contributed by atoms with Crippen LogP contribution in [0, 0.1) is 0 Å². The maximum absolute atomic E-state index is 6.10. The van der Waals surface area contributed by atoms with Crippen LogP contribution in [0.15, 0.2) is 30.6 Å². The molecule has 0 aliphatic heterocycles. The molecule has 0 atom stereocenters. The molecule has 16 heavy (non-hydrogen) atoms. The van der Waals surface area contributed by atoms with Gasteiger partial charge in [0.15, 0.2) is 0 Å². The summed E-state index contributed by atoms with van der Waals surface area (Å²) in [6, 6.07) is 5.33. The van der Waals surface area contributed by atoms with Gasteiger partial charge in [0, 0.05) is 17.3 Å². The van der Waals surface area contributed by atoms with E-state index in [1.54, 1.807) is 18.3 Å². The van der Waals surface area contributed by atoms with Crippen LogP contribution in [0.2, 0.25) is 10.0 Å². The van der Waals surface area contributed by atoms with E-state index in [2.05, 4.69) is 4.98 Å². The predicted molar refractivity (Wildman–Crippen MR) is 68.5 cm³/mol. The first-order valence-electron chi connectivity index (χ1n) is 4.54. The molecule has 0 spiro atoms. The van der Waals surface area contributed by atoms with E-state index in [4.69, 9.17) is 34.7 Å². The summed E-state index contributed by atoms with van der Waals surface area (Å²) in [5, 5.41) is 0.921. The number of nitrogen functional groups attached to an aromatic ring is 2. The largest absolute Gasteiger partial charge is 0.396 e. The van der Waals surface area contributed by atoms with E-state index in [0.717, 1.165) is 5.56 Å². The van der Waals surface area contributed by atoms with Gasteiger partial charge < -0.3 is 11.5 Å². The molecule has 0 saturated heterocycles. The van der Waals surface area contributed by atoms with Crippen molar-refractivity contribution in [2.24, 2.45) is 0 Å². The van der Waals surface area contributed by atoms with E-state index in [0.29, 0.717) is 27.0 Å². The molecule has 0 unspecified atom stereocenters. The zero-order valence-electron chi connectivity index (χ0n) is 8.24. The van der Waals surface area contributed by atoms with Gasteiger partial charge in [-0.1, -0.05) is 35.3 Å². The van der Waals surface area contributed by atoms with Gasteiger partial charge in [-0.25, -0.2) is 0 Å². The Morgan fingerprint density at radius 3 is 2.50 bits per heavy atom. The van der Waals surface area contributed by atoms with Crippen molar-refractivity contribution >= 4 is 34.6 Å². The highest BCUT2D eigenvalue weighted by molar-refractivity contribution is 6.43. The summed E-state index contributed by atoms with van der Waals surface area (Å²) in [7, 11) is 0. The van der Waals surface area contributed by atoms with Crippen LogP contribution in [-0.4, -0.2) is 4.98 Å². The summed E-state index contributed by atoms with van der Waals surface area (Å²) in [6.45, 7) is 0. The number of rotatable bonds is 1. The van der Waals surface area contributed by atoms with Crippen molar-refractivity contribution in [3.63, 3.8) is 0 Å². The summed E-state index contributed by atoms with van der Waals surface area (Å²) >= 11 is 12.0. The van der Waals surface area contributed by atoms with Crippen molar-refractivity contribution in [3.05, 3.63) is 40.6 Å². The molecule has 82 valence electrons. The highest BCUT2D eigenvalue weighted by Gasteiger charge is 2.11. The molecule has 0 aliphatic carbocycles. The van der Waals surface area contributed by atoms with Crippen LogP contribution in [0.25, 0.3) is 11.1 Å². The molecule has 2 rings (SSSR count). The summed E-state index contributed by atoms with van der Waals surface area (Å²) in [5.74, 6) is 0. The van der Waals surface area contributed by atoms with Crippen molar-refractivity contribution in [2.75, 3.05) is 11.5 Å². The molecule has 0 fully saturated rings. The Kier molecular flexibility index (Phi) is 2.90. The zero-order valence-corrected chi connectivity index (χ0v) is 9.76. The molecule has 0 amide bonds. The number of pyridine rings is 1. The average molecular weight is 254 g/mol. The lowest BCUT2D eigenvalue weighted by Gasteiger charge is -2.09. The molecule has 1 aromatic heterocycles. The second-order valence-electron chi connectivity index (χ2n) is 3.29. The van der Waals surface area contributed by atoms with Gasteiger partial charge in [-0.3, -0.25) is 4.98 Å². The van der Waals surface area contributed by atoms with Crippen LogP contribution in [0.1, 0.15) is 0 Å². The van der Waals surface area contributed by atoms with E-state index in [1.165, 1.54) is 6.20 Å². The number of benzene rings is 1. The minimum Gasteiger partial charge on any atom is -0.396 e. The molecule has 0 bridgehead atoms. The van der Waals surface area contributed by atoms with Gasteiger partial charge in [-0.05, 0) is 6.07 Å². The number of hydrogen-bond acceptors (Lipinski definition) is 3. The number of anilines is 2. The average Bonchev–Trinajstić information content (AvgIpc) is 2.27. The van der Waals surface area contributed by atoms with Gasteiger partial charge in [0.25, 0.3) is 0 Å². The lowest BCUT2D eigenvalue weighted by Crippen LogP contribution is -1.98. The third-order valence-electron chi connectivity index (χ3n) is 2.26. The summed E-state index contributed by atoms with van der Waals surface area (Å²) < 4.78 is 0. The molecule has 0 saturated carbocycles.